The van der Waals surface area contributed by atoms with Crippen LogP contribution in [0.5, 0.6) is 0 Å². The summed E-state index contributed by atoms with van der Waals surface area (Å²) < 4.78 is 5.01. The predicted octanol–water partition coefficient (Wildman–Crippen LogP) is 1.37. The fraction of sp³-hybridized carbons (Fsp3) is 0.467. The summed E-state index contributed by atoms with van der Waals surface area (Å²) in [5.74, 6) is 5.68. The van der Waals surface area contributed by atoms with Gasteiger partial charge in [0.15, 0.2) is 0 Å². The lowest BCUT2D eigenvalue weighted by molar-refractivity contribution is 0.0704. The molecular weight excluding hydrogens is 286 g/mol. The van der Waals surface area contributed by atoms with Gasteiger partial charge in [0, 0.05) is 20.2 Å². The number of carbonyl (C=O) groups is 1. The molecule has 0 saturated carbocycles. The van der Waals surface area contributed by atoms with E-state index in [4.69, 9.17) is 15.7 Å². The second-order valence-corrected chi connectivity index (χ2v) is 5.37. The van der Waals surface area contributed by atoms with Crippen molar-refractivity contribution in [2.24, 2.45) is 5.73 Å². The molecule has 21 heavy (non-hydrogen) atoms. The fourth-order valence-electron chi connectivity index (χ4n) is 1.70. The van der Waals surface area contributed by atoms with Crippen molar-refractivity contribution in [2.75, 3.05) is 33.4 Å². The van der Waals surface area contributed by atoms with Crippen molar-refractivity contribution in [2.45, 2.75) is 13.3 Å². The van der Waals surface area contributed by atoms with Crippen LogP contribution in [0.1, 0.15) is 26.5 Å². The number of rotatable bonds is 6. The number of thiophene rings is 1. The second kappa shape index (κ2) is 9.15. The summed E-state index contributed by atoms with van der Waals surface area (Å²) in [5.41, 5.74) is 6.33. The van der Waals surface area contributed by atoms with Crippen molar-refractivity contribution in [3.05, 3.63) is 21.4 Å². The van der Waals surface area contributed by atoms with Crippen molar-refractivity contribution in [3.63, 3.8) is 0 Å². The number of nitrogens with zero attached hydrogens (tertiary/aromatic N) is 2. The zero-order valence-electron chi connectivity index (χ0n) is 12.3. The van der Waals surface area contributed by atoms with E-state index < -0.39 is 0 Å². The summed E-state index contributed by atoms with van der Waals surface area (Å²) >= 11 is 1.36. The monoisotopic (exact) mass is 305 g/mol. The maximum atomic E-state index is 12.5. The van der Waals surface area contributed by atoms with E-state index in [1.54, 1.807) is 12.0 Å². The molecule has 0 aromatic carbocycles. The standard InChI is InChI=1S/C15H19N3O2S/c1-12-11-14(21-13(12)5-3-6-16)15(19)18(8-4-7-17)9-10-20-2/h11H,4,6,8-10,16H2,1-2H3. The minimum atomic E-state index is -0.0869. The predicted molar refractivity (Wildman–Crippen MR) is 83.0 cm³/mol. The number of methoxy groups -OCH3 is 1. The Kier molecular flexibility index (Phi) is 7.49. The van der Waals surface area contributed by atoms with Crippen molar-refractivity contribution in [1.29, 1.82) is 5.26 Å². The van der Waals surface area contributed by atoms with Crippen molar-refractivity contribution < 1.29 is 9.53 Å². The van der Waals surface area contributed by atoms with Gasteiger partial charge in [-0.2, -0.15) is 5.26 Å². The topological polar surface area (TPSA) is 79.3 Å². The molecule has 6 heteroatoms. The van der Waals surface area contributed by atoms with Crippen LogP contribution >= 0.6 is 11.3 Å². The molecule has 112 valence electrons. The highest BCUT2D eigenvalue weighted by Gasteiger charge is 2.18. The molecule has 2 N–H and O–H groups in total. The molecule has 0 unspecified atom stereocenters. The Morgan fingerprint density at radius 3 is 2.90 bits per heavy atom. The van der Waals surface area contributed by atoms with Gasteiger partial charge in [-0.05, 0) is 18.6 Å². The number of ether oxygens (including phenoxy) is 1. The molecule has 1 rings (SSSR count). The van der Waals surface area contributed by atoms with Gasteiger partial charge in [0.25, 0.3) is 5.91 Å². The number of amides is 1. The maximum Gasteiger partial charge on any atom is 0.264 e. The first-order valence-corrected chi connectivity index (χ1v) is 7.40. The maximum absolute atomic E-state index is 12.5. The van der Waals surface area contributed by atoms with Gasteiger partial charge in [-0.1, -0.05) is 11.8 Å². The molecule has 0 bridgehead atoms. The minimum absolute atomic E-state index is 0.0869. The molecule has 0 aliphatic heterocycles. The van der Waals surface area contributed by atoms with Crippen LogP contribution in [0, 0.1) is 30.1 Å². The van der Waals surface area contributed by atoms with Gasteiger partial charge in [0.05, 0.1) is 35.4 Å². The lowest BCUT2D eigenvalue weighted by atomic mass is 10.2. The van der Waals surface area contributed by atoms with E-state index in [9.17, 15) is 4.79 Å². The third-order valence-electron chi connectivity index (χ3n) is 2.78. The normalized spacial score (nSPS) is 9.62. The van der Waals surface area contributed by atoms with Crippen molar-refractivity contribution >= 4 is 17.2 Å². The summed E-state index contributed by atoms with van der Waals surface area (Å²) in [4.78, 5) is 15.6. The molecule has 0 saturated heterocycles. The highest BCUT2D eigenvalue weighted by atomic mass is 32.1. The third kappa shape index (κ3) is 5.20. The first-order valence-electron chi connectivity index (χ1n) is 6.58. The van der Waals surface area contributed by atoms with E-state index in [0.29, 0.717) is 37.5 Å². The molecule has 0 atom stereocenters. The van der Waals surface area contributed by atoms with Gasteiger partial charge < -0.3 is 15.4 Å². The van der Waals surface area contributed by atoms with E-state index in [1.165, 1.54) is 11.3 Å². The average Bonchev–Trinajstić information content (AvgIpc) is 2.86. The highest BCUT2D eigenvalue weighted by Crippen LogP contribution is 2.22. The van der Waals surface area contributed by atoms with E-state index >= 15 is 0 Å². The molecule has 1 aromatic heterocycles. The van der Waals surface area contributed by atoms with E-state index in [0.717, 1.165) is 10.4 Å². The zero-order valence-corrected chi connectivity index (χ0v) is 13.1. The smallest absolute Gasteiger partial charge is 0.264 e. The SMILES string of the molecule is COCCN(CCC#N)C(=O)c1cc(C)c(C#CCN)s1. The van der Waals surface area contributed by atoms with E-state index in [1.807, 2.05) is 13.0 Å². The molecule has 0 fully saturated rings. The Morgan fingerprint density at radius 1 is 1.52 bits per heavy atom. The first-order chi connectivity index (χ1) is 10.1. The van der Waals surface area contributed by atoms with Crippen LogP contribution in [0.2, 0.25) is 0 Å². The minimum Gasteiger partial charge on any atom is -0.383 e. The van der Waals surface area contributed by atoms with Gasteiger partial charge in [0.2, 0.25) is 0 Å². The number of aryl methyl sites for hydroxylation is 1. The number of hydrogen-bond donors (Lipinski definition) is 1. The molecule has 0 aliphatic carbocycles. The quantitative estimate of drug-likeness (QED) is 0.805. The van der Waals surface area contributed by atoms with E-state index in [-0.39, 0.29) is 5.91 Å². The van der Waals surface area contributed by atoms with Crippen LogP contribution < -0.4 is 5.73 Å². The van der Waals surface area contributed by atoms with Crippen LogP contribution in [0.25, 0.3) is 0 Å². The number of nitriles is 1. The summed E-state index contributed by atoms with van der Waals surface area (Å²) in [6, 6.07) is 3.89. The van der Waals surface area contributed by atoms with Gasteiger partial charge in [-0.25, -0.2) is 0 Å². The van der Waals surface area contributed by atoms with Gasteiger partial charge in [-0.15, -0.1) is 11.3 Å². The molecule has 0 radical (unpaired) electrons. The van der Waals surface area contributed by atoms with Gasteiger partial charge in [0.1, 0.15) is 0 Å². The summed E-state index contributed by atoms with van der Waals surface area (Å²) in [7, 11) is 1.59. The Hall–Kier alpha value is -1.86. The molecule has 1 amide bonds. The molecule has 1 heterocycles. The Labute approximate surface area is 129 Å². The summed E-state index contributed by atoms with van der Waals surface area (Å²) in [5, 5.41) is 8.69. The third-order valence-corrected chi connectivity index (χ3v) is 3.92. The molecule has 1 aromatic rings. The Bertz CT molecular complexity index is 578. The van der Waals surface area contributed by atoms with Crippen molar-refractivity contribution in [3.8, 4) is 17.9 Å². The highest BCUT2D eigenvalue weighted by molar-refractivity contribution is 7.14. The zero-order chi connectivity index (χ0) is 15.7. The lowest BCUT2D eigenvalue weighted by Gasteiger charge is -2.20. The second-order valence-electron chi connectivity index (χ2n) is 4.32. The van der Waals surface area contributed by atoms with Crippen LogP contribution in [0.3, 0.4) is 0 Å². The number of carbonyl (C=O) groups excluding carboxylic acids is 1. The van der Waals surface area contributed by atoms with Crippen LogP contribution in [-0.2, 0) is 4.74 Å². The van der Waals surface area contributed by atoms with Crippen LogP contribution in [0.4, 0.5) is 0 Å². The molecule has 0 spiro atoms. The number of nitrogens with two attached hydrogens (primary N) is 1. The lowest BCUT2D eigenvalue weighted by Crippen LogP contribution is -2.34. The Balaban J connectivity index is 2.89. The Morgan fingerprint density at radius 2 is 2.29 bits per heavy atom. The molecule has 0 aliphatic rings. The van der Waals surface area contributed by atoms with Gasteiger partial charge in [-0.3, -0.25) is 4.79 Å². The average molecular weight is 305 g/mol. The van der Waals surface area contributed by atoms with Gasteiger partial charge >= 0.3 is 0 Å². The summed E-state index contributed by atoms with van der Waals surface area (Å²) in [6.45, 7) is 3.53. The van der Waals surface area contributed by atoms with Crippen molar-refractivity contribution in [1.82, 2.24) is 4.90 Å². The van der Waals surface area contributed by atoms with Crippen LogP contribution in [0.15, 0.2) is 6.07 Å². The fourth-order valence-corrected chi connectivity index (χ4v) is 2.72. The van der Waals surface area contributed by atoms with Crippen LogP contribution in [-0.4, -0.2) is 44.2 Å². The molecule has 5 nitrogen and oxygen atoms in total. The van der Waals surface area contributed by atoms with E-state index in [2.05, 4.69) is 17.9 Å². The molecular formula is C15H19N3O2S. The summed E-state index contributed by atoms with van der Waals surface area (Å²) in [6.07, 6.45) is 0.305. The first kappa shape index (κ1) is 17.2. The number of hydrogen-bond acceptors (Lipinski definition) is 5. The largest absolute Gasteiger partial charge is 0.383 e.